The van der Waals surface area contributed by atoms with Gasteiger partial charge in [-0.1, -0.05) is 55.0 Å². The monoisotopic (exact) mass is 485 g/mol. The SMILES string of the molecule is NC(=O)c1nn(CC(=O)N2[C@@H]3C[C@@H]3C[C@H]2C(=O)N[C@H]2CCC[C@H](c3ccccc3)C2)c2ccccc12. The summed E-state index contributed by atoms with van der Waals surface area (Å²) in [4.78, 5) is 40.5. The standard InChI is InChI=1S/C28H31N5O3/c29-27(35)26-21-11-4-5-12-22(21)32(31-26)16-25(34)33-23-14-19(23)15-24(33)28(36)30-20-10-6-9-18(13-20)17-7-2-1-3-8-17/h1-5,7-8,11-12,18-20,23-24H,6,9-10,13-16H2,(H2,29,35)(H,30,36)/t18-,19+,20-,23+,24-/m0/s1. The number of primary amides is 1. The van der Waals surface area contributed by atoms with Gasteiger partial charge >= 0.3 is 0 Å². The average Bonchev–Trinajstić information content (AvgIpc) is 3.39. The second-order valence-electron chi connectivity index (χ2n) is 10.5. The largest absolute Gasteiger partial charge is 0.364 e. The van der Waals surface area contributed by atoms with Crippen LogP contribution in [0.1, 0.15) is 60.5 Å². The van der Waals surface area contributed by atoms with Crippen molar-refractivity contribution in [3.8, 4) is 0 Å². The van der Waals surface area contributed by atoms with Crippen LogP contribution in [-0.4, -0.2) is 50.5 Å². The van der Waals surface area contributed by atoms with Gasteiger partial charge in [-0.3, -0.25) is 19.1 Å². The van der Waals surface area contributed by atoms with E-state index >= 15 is 0 Å². The van der Waals surface area contributed by atoms with Crippen LogP contribution < -0.4 is 11.1 Å². The van der Waals surface area contributed by atoms with Crippen LogP contribution in [0.4, 0.5) is 0 Å². The molecular formula is C28H31N5O3. The third-order valence-corrected chi connectivity index (χ3v) is 8.16. The molecular weight excluding hydrogens is 454 g/mol. The highest BCUT2D eigenvalue weighted by Crippen LogP contribution is 2.48. The Bertz CT molecular complexity index is 1320. The smallest absolute Gasteiger partial charge is 0.269 e. The molecule has 1 saturated heterocycles. The summed E-state index contributed by atoms with van der Waals surface area (Å²) in [5.41, 5.74) is 7.68. The summed E-state index contributed by atoms with van der Waals surface area (Å²) in [6.07, 6.45) is 5.78. The van der Waals surface area contributed by atoms with Gasteiger partial charge in [0.05, 0.1) is 5.52 Å². The maximum atomic E-state index is 13.5. The Hall–Kier alpha value is -3.68. The maximum Gasteiger partial charge on any atom is 0.269 e. The molecule has 3 fully saturated rings. The Kier molecular flexibility index (Phi) is 5.74. The van der Waals surface area contributed by atoms with Gasteiger partial charge in [0.15, 0.2) is 5.69 Å². The molecule has 0 radical (unpaired) electrons. The van der Waals surface area contributed by atoms with Crippen LogP contribution in [0.15, 0.2) is 54.6 Å². The van der Waals surface area contributed by atoms with Crippen LogP contribution in [-0.2, 0) is 16.1 Å². The Labute approximate surface area is 209 Å². The van der Waals surface area contributed by atoms with E-state index in [0.29, 0.717) is 29.2 Å². The summed E-state index contributed by atoms with van der Waals surface area (Å²) in [7, 11) is 0. The average molecular weight is 486 g/mol. The Morgan fingerprint density at radius 2 is 1.75 bits per heavy atom. The molecule has 1 aromatic heterocycles. The van der Waals surface area contributed by atoms with E-state index in [1.165, 1.54) is 10.2 Å². The van der Waals surface area contributed by atoms with Crippen LogP contribution in [0.5, 0.6) is 0 Å². The summed E-state index contributed by atoms with van der Waals surface area (Å²) in [5, 5.41) is 8.24. The Morgan fingerprint density at radius 3 is 2.56 bits per heavy atom. The van der Waals surface area contributed by atoms with Gasteiger partial charge in [-0.2, -0.15) is 5.10 Å². The highest BCUT2D eigenvalue weighted by Gasteiger charge is 2.56. The van der Waals surface area contributed by atoms with E-state index in [1.54, 1.807) is 11.0 Å². The second-order valence-corrected chi connectivity index (χ2v) is 10.5. The van der Waals surface area contributed by atoms with Crippen molar-refractivity contribution in [2.24, 2.45) is 11.7 Å². The highest BCUT2D eigenvalue weighted by molar-refractivity contribution is 6.04. The number of hydrogen-bond donors (Lipinski definition) is 2. The minimum Gasteiger partial charge on any atom is -0.364 e. The first-order valence-corrected chi connectivity index (χ1v) is 12.9. The fourth-order valence-electron chi connectivity index (χ4n) is 6.34. The highest BCUT2D eigenvalue weighted by atomic mass is 16.2. The number of benzene rings is 2. The fourth-order valence-corrected chi connectivity index (χ4v) is 6.34. The van der Waals surface area contributed by atoms with Crippen LogP contribution in [0.2, 0.25) is 0 Å². The molecule has 3 aromatic rings. The second kappa shape index (κ2) is 9.08. The number of likely N-dealkylation sites (tertiary alicyclic amines) is 1. The number of nitrogens with two attached hydrogens (primary N) is 1. The molecule has 2 aromatic carbocycles. The third kappa shape index (κ3) is 4.14. The van der Waals surface area contributed by atoms with E-state index < -0.39 is 11.9 Å². The van der Waals surface area contributed by atoms with Gasteiger partial charge in [-0.15, -0.1) is 0 Å². The number of nitrogens with zero attached hydrogens (tertiary/aromatic N) is 3. The zero-order valence-corrected chi connectivity index (χ0v) is 20.2. The molecule has 8 heteroatoms. The lowest BCUT2D eigenvalue weighted by Gasteiger charge is -2.33. The molecule has 0 spiro atoms. The van der Waals surface area contributed by atoms with E-state index in [-0.39, 0.29) is 36.1 Å². The number of para-hydroxylation sites is 1. The molecule has 3 amide bonds. The number of piperidine rings is 1. The van der Waals surface area contributed by atoms with Gasteiger partial charge < -0.3 is 16.0 Å². The van der Waals surface area contributed by atoms with Crippen molar-refractivity contribution in [2.75, 3.05) is 0 Å². The number of hydrogen-bond acceptors (Lipinski definition) is 4. The fraction of sp³-hybridized carbons (Fsp3) is 0.429. The van der Waals surface area contributed by atoms with Crippen molar-refractivity contribution in [1.82, 2.24) is 20.0 Å². The summed E-state index contributed by atoms with van der Waals surface area (Å²) in [6.45, 7) is -0.0275. The van der Waals surface area contributed by atoms with Crippen molar-refractivity contribution >= 4 is 28.6 Å². The van der Waals surface area contributed by atoms with Gasteiger partial charge in [-0.05, 0) is 55.6 Å². The van der Waals surface area contributed by atoms with Crippen LogP contribution >= 0.6 is 0 Å². The lowest BCUT2D eigenvalue weighted by Crippen LogP contribution is -2.51. The molecule has 2 heterocycles. The van der Waals surface area contributed by atoms with Crippen LogP contribution in [0.25, 0.3) is 10.9 Å². The molecule has 0 unspecified atom stereocenters. The minimum atomic E-state index is -0.626. The predicted molar refractivity (Wildman–Crippen MR) is 135 cm³/mol. The first-order valence-electron chi connectivity index (χ1n) is 12.9. The van der Waals surface area contributed by atoms with Gasteiger partial charge in [0.1, 0.15) is 12.6 Å². The molecule has 3 aliphatic rings. The molecule has 36 heavy (non-hydrogen) atoms. The lowest BCUT2D eigenvalue weighted by molar-refractivity contribution is -0.140. The number of amides is 3. The quantitative estimate of drug-likeness (QED) is 0.559. The van der Waals surface area contributed by atoms with Crippen LogP contribution in [0.3, 0.4) is 0 Å². The lowest BCUT2D eigenvalue weighted by atomic mass is 9.81. The van der Waals surface area contributed by atoms with Crippen LogP contribution in [0, 0.1) is 5.92 Å². The molecule has 2 aliphatic carbocycles. The summed E-state index contributed by atoms with van der Waals surface area (Å²) in [5.74, 6) is 0.0307. The normalized spacial score (nSPS) is 27.0. The van der Waals surface area contributed by atoms with E-state index in [0.717, 1.165) is 32.1 Å². The third-order valence-electron chi connectivity index (χ3n) is 8.16. The summed E-state index contributed by atoms with van der Waals surface area (Å²) in [6, 6.07) is 17.6. The first-order chi connectivity index (χ1) is 17.5. The number of fused-ring (bicyclic) bond motifs is 2. The van der Waals surface area contributed by atoms with Gasteiger partial charge in [0.25, 0.3) is 5.91 Å². The van der Waals surface area contributed by atoms with Crippen molar-refractivity contribution in [3.05, 3.63) is 65.9 Å². The van der Waals surface area contributed by atoms with E-state index in [4.69, 9.17) is 5.73 Å². The Morgan fingerprint density at radius 1 is 0.972 bits per heavy atom. The summed E-state index contributed by atoms with van der Waals surface area (Å²) >= 11 is 0. The number of nitrogens with one attached hydrogen (secondary N) is 1. The number of rotatable bonds is 6. The van der Waals surface area contributed by atoms with E-state index in [1.807, 2.05) is 24.3 Å². The van der Waals surface area contributed by atoms with Gasteiger partial charge in [0, 0.05) is 17.5 Å². The van der Waals surface area contributed by atoms with Crippen molar-refractivity contribution in [2.45, 2.75) is 69.1 Å². The Balaban J connectivity index is 1.16. The van der Waals surface area contributed by atoms with Crippen molar-refractivity contribution in [1.29, 1.82) is 0 Å². The number of aromatic nitrogens is 2. The molecule has 8 nitrogen and oxygen atoms in total. The molecule has 3 N–H and O–H groups in total. The topological polar surface area (TPSA) is 110 Å². The minimum absolute atomic E-state index is 0.0275. The predicted octanol–water partition coefficient (Wildman–Crippen LogP) is 2.97. The molecule has 2 saturated carbocycles. The maximum absolute atomic E-state index is 13.5. The zero-order valence-electron chi connectivity index (χ0n) is 20.2. The first kappa shape index (κ1) is 22.8. The zero-order chi connectivity index (χ0) is 24.8. The van der Waals surface area contributed by atoms with E-state index in [9.17, 15) is 14.4 Å². The number of carbonyl (C=O) groups is 3. The molecule has 1 aliphatic heterocycles. The van der Waals surface area contributed by atoms with Crippen molar-refractivity contribution < 1.29 is 14.4 Å². The van der Waals surface area contributed by atoms with Gasteiger partial charge in [0.2, 0.25) is 11.8 Å². The number of carbonyl (C=O) groups excluding carboxylic acids is 3. The molecule has 6 rings (SSSR count). The van der Waals surface area contributed by atoms with Gasteiger partial charge in [-0.25, -0.2) is 0 Å². The molecule has 0 bridgehead atoms. The summed E-state index contributed by atoms with van der Waals surface area (Å²) < 4.78 is 1.54. The van der Waals surface area contributed by atoms with E-state index in [2.05, 4.69) is 34.7 Å². The molecule has 5 atom stereocenters. The molecule has 186 valence electrons. The van der Waals surface area contributed by atoms with Crippen molar-refractivity contribution in [3.63, 3.8) is 0 Å².